The summed E-state index contributed by atoms with van der Waals surface area (Å²) < 4.78 is 4.76. The van der Waals surface area contributed by atoms with Gasteiger partial charge < -0.3 is 18.9 Å². The monoisotopic (exact) mass is 916 g/mol. The Morgan fingerprint density at radius 1 is 0.278 bits per heavy atom. The molecule has 72 heavy (non-hydrogen) atoms. The highest BCUT2D eigenvalue weighted by atomic mass is 15.2. The van der Waals surface area contributed by atoms with Gasteiger partial charge in [0, 0.05) is 67.0 Å². The number of hydrogen-bond donors (Lipinski definition) is 0. The Balaban J connectivity index is 0.873. The molecule has 2 heterocycles. The molecule has 0 saturated carbocycles. The predicted molar refractivity (Wildman–Crippen MR) is 297 cm³/mol. The second-order valence-electron chi connectivity index (χ2n) is 18.4. The lowest BCUT2D eigenvalue weighted by atomic mass is 10.0. The average Bonchev–Trinajstić information content (AvgIpc) is 3.97. The van der Waals surface area contributed by atoms with E-state index in [0.717, 1.165) is 78.4 Å². The molecule has 0 unspecified atom stereocenters. The third kappa shape index (κ3) is 6.41. The number of benzene rings is 12. The number of aromatic nitrogens is 2. The van der Waals surface area contributed by atoms with Gasteiger partial charge in [-0.3, -0.25) is 0 Å². The molecule has 2 aromatic heterocycles. The van der Waals surface area contributed by atoms with Gasteiger partial charge in [0.25, 0.3) is 0 Å². The number of para-hydroxylation sites is 2. The molecule has 0 amide bonds. The molecule has 12 aromatic carbocycles. The van der Waals surface area contributed by atoms with Crippen molar-refractivity contribution in [1.82, 2.24) is 9.13 Å². The largest absolute Gasteiger partial charge is 0.310 e. The fraction of sp³-hybridized carbons (Fsp3) is 0. The van der Waals surface area contributed by atoms with Crippen LogP contribution in [0, 0.1) is 22.7 Å². The Labute approximate surface area is 415 Å². The molecular weight excluding hydrogens is 877 g/mol. The van der Waals surface area contributed by atoms with Crippen LogP contribution in [0.2, 0.25) is 0 Å². The van der Waals surface area contributed by atoms with E-state index in [4.69, 9.17) is 0 Å². The van der Waals surface area contributed by atoms with Crippen LogP contribution in [0.5, 0.6) is 0 Å². The predicted octanol–water partition coefficient (Wildman–Crippen LogP) is 17.4. The third-order valence-electron chi connectivity index (χ3n) is 14.4. The molecule has 0 aliphatic rings. The lowest BCUT2D eigenvalue weighted by Gasteiger charge is -2.27. The van der Waals surface area contributed by atoms with Crippen LogP contribution < -0.4 is 9.80 Å². The first-order valence-electron chi connectivity index (χ1n) is 24.1. The van der Waals surface area contributed by atoms with Crippen LogP contribution in [0.4, 0.5) is 34.1 Å². The van der Waals surface area contributed by atoms with Crippen molar-refractivity contribution in [2.24, 2.45) is 0 Å². The van der Waals surface area contributed by atoms with Gasteiger partial charge in [0.15, 0.2) is 0 Å². The van der Waals surface area contributed by atoms with Crippen molar-refractivity contribution in [1.29, 1.82) is 10.5 Å². The van der Waals surface area contributed by atoms with E-state index in [0.29, 0.717) is 11.1 Å². The zero-order chi connectivity index (χ0) is 47.9. The Kier molecular flexibility index (Phi) is 9.23. The van der Waals surface area contributed by atoms with Gasteiger partial charge >= 0.3 is 0 Å². The fourth-order valence-corrected chi connectivity index (χ4v) is 11.2. The summed E-state index contributed by atoms with van der Waals surface area (Å²) in [5.41, 5.74) is 16.2. The van der Waals surface area contributed by atoms with E-state index in [-0.39, 0.29) is 0 Å². The Hall–Kier alpha value is -10.1. The lowest BCUT2D eigenvalue weighted by molar-refractivity contribution is 1.18. The summed E-state index contributed by atoms with van der Waals surface area (Å²) in [5, 5.41) is 29.3. The number of hydrogen-bond acceptors (Lipinski definition) is 4. The molecule has 6 heteroatoms. The minimum absolute atomic E-state index is 0.612. The molecule has 0 saturated heterocycles. The van der Waals surface area contributed by atoms with Gasteiger partial charge in [-0.05, 0) is 166 Å². The van der Waals surface area contributed by atoms with Crippen LogP contribution in [0.3, 0.4) is 0 Å². The maximum atomic E-state index is 9.77. The highest BCUT2D eigenvalue weighted by Gasteiger charge is 2.23. The van der Waals surface area contributed by atoms with Gasteiger partial charge in [-0.15, -0.1) is 0 Å². The summed E-state index contributed by atoms with van der Waals surface area (Å²) in [6, 6.07) is 90.2. The van der Waals surface area contributed by atoms with E-state index < -0.39 is 0 Å². The number of anilines is 6. The van der Waals surface area contributed by atoms with Crippen LogP contribution in [0.25, 0.3) is 87.7 Å². The number of nitriles is 2. The molecule has 0 aliphatic heterocycles. The van der Waals surface area contributed by atoms with Crippen molar-refractivity contribution in [2.45, 2.75) is 0 Å². The molecule has 334 valence electrons. The summed E-state index contributed by atoms with van der Waals surface area (Å²) in [6.07, 6.45) is 0. The van der Waals surface area contributed by atoms with Crippen LogP contribution in [0.1, 0.15) is 11.1 Å². The van der Waals surface area contributed by atoms with Gasteiger partial charge in [-0.2, -0.15) is 10.5 Å². The molecule has 6 nitrogen and oxygen atoms in total. The second-order valence-corrected chi connectivity index (χ2v) is 18.4. The highest BCUT2D eigenvalue weighted by Crippen LogP contribution is 2.46. The molecule has 0 N–H and O–H groups in total. The van der Waals surface area contributed by atoms with Crippen LogP contribution in [-0.2, 0) is 0 Å². The molecule has 0 atom stereocenters. The highest BCUT2D eigenvalue weighted by molar-refractivity contribution is 6.26. The van der Waals surface area contributed by atoms with Crippen LogP contribution >= 0.6 is 0 Å². The maximum Gasteiger partial charge on any atom is 0.0991 e. The summed E-state index contributed by atoms with van der Waals surface area (Å²) in [5.74, 6) is 0. The zero-order valence-corrected chi connectivity index (χ0v) is 38.8. The smallest absolute Gasteiger partial charge is 0.0991 e. The first-order valence-corrected chi connectivity index (χ1v) is 24.1. The van der Waals surface area contributed by atoms with Crippen LogP contribution in [-0.4, -0.2) is 9.13 Å². The minimum atomic E-state index is 0.612. The molecule has 0 fully saturated rings. The maximum absolute atomic E-state index is 9.77. The summed E-state index contributed by atoms with van der Waals surface area (Å²) in [4.78, 5) is 4.57. The van der Waals surface area contributed by atoms with Crippen LogP contribution in [0.15, 0.2) is 243 Å². The van der Waals surface area contributed by atoms with Crippen molar-refractivity contribution in [3.63, 3.8) is 0 Å². The van der Waals surface area contributed by atoms with E-state index in [2.05, 4.69) is 225 Å². The lowest BCUT2D eigenvalue weighted by Crippen LogP contribution is -2.10. The zero-order valence-electron chi connectivity index (χ0n) is 38.8. The Morgan fingerprint density at radius 3 is 1.00 bits per heavy atom. The van der Waals surface area contributed by atoms with Crippen molar-refractivity contribution in [3.8, 4) is 34.6 Å². The summed E-state index contributed by atoms with van der Waals surface area (Å²) >= 11 is 0. The molecule has 0 radical (unpaired) electrons. The molecule has 0 aliphatic carbocycles. The summed E-state index contributed by atoms with van der Waals surface area (Å²) in [6.45, 7) is 0. The van der Waals surface area contributed by atoms with Crippen molar-refractivity contribution in [2.75, 3.05) is 9.80 Å². The van der Waals surface area contributed by atoms with Crippen molar-refractivity contribution >= 4 is 99.3 Å². The van der Waals surface area contributed by atoms with E-state index in [1.54, 1.807) is 0 Å². The molecule has 0 bridgehead atoms. The minimum Gasteiger partial charge on any atom is -0.310 e. The normalized spacial score (nSPS) is 11.6. The van der Waals surface area contributed by atoms with E-state index in [1.807, 2.05) is 48.5 Å². The standard InChI is InChI=1S/C66H40N6/c67-41-43-17-29-53(30-18-43)69(57-37-49-23-21-47-9-7-15-59-63(47)65(49)61(39-57)71(59)51-11-3-1-4-12-51)55-33-25-45(26-34-55)46-27-35-56(36-28-46)70(54-31-19-44(42-68)20-32-54)58-38-50-24-22-48-10-8-16-60-64(48)66(50)62(40-58)72(60)52-13-5-2-6-14-52/h1-40H. The van der Waals surface area contributed by atoms with E-state index in [1.165, 1.54) is 43.4 Å². The molecule has 14 rings (SSSR count). The topological polar surface area (TPSA) is 63.9 Å². The average molecular weight is 917 g/mol. The van der Waals surface area contributed by atoms with Gasteiger partial charge in [-0.1, -0.05) is 109 Å². The number of nitrogens with zero attached hydrogens (tertiary/aromatic N) is 6. The summed E-state index contributed by atoms with van der Waals surface area (Å²) in [7, 11) is 0. The number of rotatable bonds is 9. The van der Waals surface area contributed by atoms with Gasteiger partial charge in [-0.25, -0.2) is 0 Å². The van der Waals surface area contributed by atoms with Gasteiger partial charge in [0.05, 0.1) is 45.3 Å². The first kappa shape index (κ1) is 40.9. The Bertz CT molecular complexity index is 4140. The molecule has 0 spiro atoms. The fourth-order valence-electron chi connectivity index (χ4n) is 11.2. The first-order chi connectivity index (χ1) is 35.6. The van der Waals surface area contributed by atoms with Gasteiger partial charge in [0.2, 0.25) is 0 Å². The van der Waals surface area contributed by atoms with Crippen molar-refractivity contribution in [3.05, 3.63) is 254 Å². The Morgan fingerprint density at radius 2 is 0.625 bits per heavy atom. The van der Waals surface area contributed by atoms with Crippen molar-refractivity contribution < 1.29 is 0 Å². The van der Waals surface area contributed by atoms with E-state index in [9.17, 15) is 10.5 Å². The van der Waals surface area contributed by atoms with Gasteiger partial charge in [0.1, 0.15) is 0 Å². The quantitative estimate of drug-likeness (QED) is 0.135. The SMILES string of the molecule is N#Cc1ccc(N(c2ccc(-c3ccc(N(c4ccc(C#N)cc4)c4cc5ccc6cccc7c6c5c(c4)n7-c4ccccc4)cc3)cc2)c2cc3ccc4cccc5c4c3c(c2)n5-c2ccccc2)cc1. The second kappa shape index (κ2) is 16.2. The molecular formula is C66H40N6. The third-order valence-corrected chi connectivity index (χ3v) is 14.4. The van der Waals surface area contributed by atoms with E-state index >= 15 is 0 Å². The molecule has 14 aromatic rings.